The van der Waals surface area contributed by atoms with E-state index in [-0.39, 0.29) is 18.9 Å². The number of aldehydes is 1. The summed E-state index contributed by atoms with van der Waals surface area (Å²) in [6, 6.07) is 0. The summed E-state index contributed by atoms with van der Waals surface area (Å²) >= 11 is 0. The Kier molecular flexibility index (Phi) is 7.75. The predicted molar refractivity (Wildman–Crippen MR) is 46.5 cm³/mol. The Labute approximate surface area is 75.8 Å². The zero-order chi connectivity index (χ0) is 7.33. The summed E-state index contributed by atoms with van der Waals surface area (Å²) in [5.41, 5.74) is 0.392. The van der Waals surface area contributed by atoms with Crippen LogP contribution >= 0.6 is 0 Å². The van der Waals surface area contributed by atoms with Crippen LogP contribution in [0.2, 0.25) is 0 Å². The van der Waals surface area contributed by atoms with Gasteiger partial charge >= 0.3 is 18.9 Å². The molecule has 1 nitrogen and oxygen atoms in total. The van der Waals surface area contributed by atoms with Crippen LogP contribution in [0.1, 0.15) is 40.0 Å². The van der Waals surface area contributed by atoms with Crippen LogP contribution in [0.5, 0.6) is 0 Å². The second-order valence-electron chi connectivity index (χ2n) is 3.62. The fourth-order valence-electron chi connectivity index (χ4n) is 0.716. The van der Waals surface area contributed by atoms with Crippen molar-refractivity contribution in [3.8, 4) is 0 Å². The van der Waals surface area contributed by atoms with Gasteiger partial charge in [-0.05, 0) is 18.3 Å². The molecule has 0 saturated carbocycles. The van der Waals surface area contributed by atoms with E-state index >= 15 is 0 Å². The van der Waals surface area contributed by atoms with Crippen molar-refractivity contribution in [1.29, 1.82) is 0 Å². The summed E-state index contributed by atoms with van der Waals surface area (Å²) in [5, 5.41) is 0. The van der Waals surface area contributed by atoms with Crippen molar-refractivity contribution in [3.05, 3.63) is 0 Å². The normalized spacial score (nSPS) is 10.3. The molecule has 0 saturated heterocycles. The van der Waals surface area contributed by atoms with Gasteiger partial charge in [0.1, 0.15) is 6.29 Å². The number of rotatable bonds is 3. The minimum atomic E-state index is 0. The molecule has 10 heavy (non-hydrogen) atoms. The van der Waals surface area contributed by atoms with Gasteiger partial charge in [0, 0.05) is 6.42 Å². The standard InChI is InChI=1S/C8H16O.Li.H/c1-8(2,3)6-4-5-7-9;;/h7H,4-6H2,1-3H3;;. The molecule has 0 fully saturated rings. The third-order valence-corrected chi connectivity index (χ3v) is 1.25. The van der Waals surface area contributed by atoms with Gasteiger partial charge in [0.2, 0.25) is 0 Å². The molecule has 0 amide bonds. The van der Waals surface area contributed by atoms with Crippen molar-refractivity contribution < 1.29 is 4.79 Å². The topological polar surface area (TPSA) is 17.1 Å². The molecule has 0 N–H and O–H groups in total. The van der Waals surface area contributed by atoms with E-state index < -0.39 is 0 Å². The van der Waals surface area contributed by atoms with Crippen LogP contribution in [-0.2, 0) is 4.79 Å². The quantitative estimate of drug-likeness (QED) is 0.328. The number of hydrogen-bond donors (Lipinski definition) is 0. The third kappa shape index (κ3) is 11.1. The SMILES string of the molecule is CC(C)(C)CCCC=O.[LiH]. The second-order valence-corrected chi connectivity index (χ2v) is 3.62. The van der Waals surface area contributed by atoms with Crippen molar-refractivity contribution in [2.45, 2.75) is 40.0 Å². The molecule has 0 aliphatic carbocycles. The van der Waals surface area contributed by atoms with Crippen molar-refractivity contribution in [3.63, 3.8) is 0 Å². The van der Waals surface area contributed by atoms with E-state index in [9.17, 15) is 4.79 Å². The van der Waals surface area contributed by atoms with Crippen LogP contribution in [0, 0.1) is 5.41 Å². The van der Waals surface area contributed by atoms with E-state index in [0.29, 0.717) is 5.41 Å². The van der Waals surface area contributed by atoms with Gasteiger partial charge in [0.25, 0.3) is 0 Å². The third-order valence-electron chi connectivity index (χ3n) is 1.25. The maximum atomic E-state index is 9.89. The van der Waals surface area contributed by atoms with Crippen molar-refractivity contribution in [2.24, 2.45) is 5.41 Å². The van der Waals surface area contributed by atoms with Gasteiger partial charge in [-0.15, -0.1) is 0 Å². The summed E-state index contributed by atoms with van der Waals surface area (Å²) in [4.78, 5) is 9.89. The molecule has 0 aromatic rings. The molecular weight excluding hydrogens is 119 g/mol. The average molecular weight is 136 g/mol. The average Bonchev–Trinajstić information content (AvgIpc) is 1.63. The fraction of sp³-hybridized carbons (Fsp3) is 0.875. The summed E-state index contributed by atoms with van der Waals surface area (Å²) in [7, 11) is 0. The van der Waals surface area contributed by atoms with Gasteiger partial charge in [0.15, 0.2) is 0 Å². The molecule has 0 heterocycles. The first-order valence-corrected chi connectivity index (χ1v) is 3.50. The molecule has 0 radical (unpaired) electrons. The Balaban J connectivity index is 0. The molecule has 0 aromatic carbocycles. The van der Waals surface area contributed by atoms with Gasteiger partial charge in [-0.1, -0.05) is 20.8 Å². The minimum absolute atomic E-state index is 0. The van der Waals surface area contributed by atoms with E-state index in [4.69, 9.17) is 0 Å². The van der Waals surface area contributed by atoms with Crippen LogP contribution in [0.4, 0.5) is 0 Å². The summed E-state index contributed by atoms with van der Waals surface area (Å²) in [5.74, 6) is 0. The van der Waals surface area contributed by atoms with Crippen molar-refractivity contribution in [1.82, 2.24) is 0 Å². The van der Waals surface area contributed by atoms with Gasteiger partial charge in [-0.25, -0.2) is 0 Å². The Morgan fingerprint density at radius 1 is 1.30 bits per heavy atom. The molecule has 0 bridgehead atoms. The Morgan fingerprint density at radius 3 is 2.10 bits per heavy atom. The second kappa shape index (κ2) is 6.01. The van der Waals surface area contributed by atoms with E-state index in [1.165, 1.54) is 0 Å². The van der Waals surface area contributed by atoms with E-state index in [1.54, 1.807) is 0 Å². The van der Waals surface area contributed by atoms with Crippen LogP contribution < -0.4 is 0 Å². The summed E-state index contributed by atoms with van der Waals surface area (Å²) in [6.07, 6.45) is 3.89. The van der Waals surface area contributed by atoms with E-state index in [2.05, 4.69) is 20.8 Å². The van der Waals surface area contributed by atoms with E-state index in [0.717, 1.165) is 25.5 Å². The van der Waals surface area contributed by atoms with Crippen molar-refractivity contribution in [2.75, 3.05) is 0 Å². The van der Waals surface area contributed by atoms with E-state index in [1.807, 2.05) is 0 Å². The Bertz CT molecular complexity index is 83.7. The first-order chi connectivity index (χ1) is 4.06. The van der Waals surface area contributed by atoms with Crippen LogP contribution in [0.15, 0.2) is 0 Å². The molecule has 0 rings (SSSR count). The maximum absolute atomic E-state index is 9.89. The molecule has 0 aliphatic rings. The zero-order valence-corrected chi connectivity index (χ0v) is 6.61. The molecule has 0 unspecified atom stereocenters. The van der Waals surface area contributed by atoms with Gasteiger partial charge in [-0.3, -0.25) is 0 Å². The fourth-order valence-corrected chi connectivity index (χ4v) is 0.716. The Morgan fingerprint density at radius 2 is 1.80 bits per heavy atom. The summed E-state index contributed by atoms with van der Waals surface area (Å²) < 4.78 is 0. The summed E-state index contributed by atoms with van der Waals surface area (Å²) in [6.45, 7) is 6.58. The molecule has 2 heteroatoms. The molecule has 0 atom stereocenters. The number of carbonyl (C=O) groups excluding carboxylic acids is 1. The first-order valence-electron chi connectivity index (χ1n) is 3.50. The molecule has 56 valence electrons. The first kappa shape index (κ1) is 12.9. The molecular formula is C8H17LiO. The van der Waals surface area contributed by atoms with Crippen molar-refractivity contribution >= 4 is 25.1 Å². The number of unbranched alkanes of at least 4 members (excludes halogenated alkanes) is 1. The Hall–Kier alpha value is 0.267. The molecule has 0 aromatic heterocycles. The molecule has 0 spiro atoms. The van der Waals surface area contributed by atoms with Gasteiger partial charge in [0.05, 0.1) is 0 Å². The molecule has 0 aliphatic heterocycles. The van der Waals surface area contributed by atoms with Gasteiger partial charge in [-0.2, -0.15) is 0 Å². The van der Waals surface area contributed by atoms with Crippen LogP contribution in [0.3, 0.4) is 0 Å². The number of carbonyl (C=O) groups is 1. The zero-order valence-electron chi connectivity index (χ0n) is 6.61. The van der Waals surface area contributed by atoms with Gasteiger partial charge < -0.3 is 4.79 Å². The van der Waals surface area contributed by atoms with Crippen LogP contribution in [0.25, 0.3) is 0 Å². The monoisotopic (exact) mass is 136 g/mol. The number of hydrogen-bond acceptors (Lipinski definition) is 1. The van der Waals surface area contributed by atoms with Crippen LogP contribution in [-0.4, -0.2) is 25.1 Å². The predicted octanol–water partition coefficient (Wildman–Crippen LogP) is 1.75.